The van der Waals surface area contributed by atoms with Crippen LogP contribution in [-0.4, -0.2) is 30.3 Å². The van der Waals surface area contributed by atoms with Crippen LogP contribution in [0.2, 0.25) is 0 Å². The van der Waals surface area contributed by atoms with E-state index in [-0.39, 0.29) is 0 Å². The second-order valence-corrected chi connectivity index (χ2v) is 2.67. The molecule has 1 heterocycles. The van der Waals surface area contributed by atoms with Crippen molar-refractivity contribution in [3.05, 3.63) is 12.7 Å². The van der Waals surface area contributed by atoms with Crippen LogP contribution in [0.1, 0.15) is 12.8 Å². The largest absolute Gasteiger partial charge is 0.298 e. The van der Waals surface area contributed by atoms with Gasteiger partial charge in [-0.1, -0.05) is 6.08 Å². The van der Waals surface area contributed by atoms with E-state index in [1.807, 2.05) is 6.08 Å². The minimum atomic E-state index is 0.369. The zero-order valence-electron chi connectivity index (χ0n) is 6.18. The minimum absolute atomic E-state index is 0.369. The number of ketones is 1. The molecule has 2 heteroatoms. The summed E-state index contributed by atoms with van der Waals surface area (Å²) in [5, 5.41) is 0. The fourth-order valence-corrected chi connectivity index (χ4v) is 1.25. The highest BCUT2D eigenvalue weighted by atomic mass is 16.1. The van der Waals surface area contributed by atoms with Gasteiger partial charge in [0.15, 0.2) is 0 Å². The van der Waals surface area contributed by atoms with Crippen molar-refractivity contribution >= 4 is 5.78 Å². The van der Waals surface area contributed by atoms with Crippen LogP contribution in [0.15, 0.2) is 12.7 Å². The van der Waals surface area contributed by atoms with Gasteiger partial charge in [-0.05, 0) is 13.0 Å². The molecule has 1 aliphatic rings. The number of piperidine rings is 1. The summed E-state index contributed by atoms with van der Waals surface area (Å²) in [6, 6.07) is 0. The predicted molar refractivity (Wildman–Crippen MR) is 40.9 cm³/mol. The van der Waals surface area contributed by atoms with E-state index in [0.29, 0.717) is 12.3 Å². The second-order valence-electron chi connectivity index (χ2n) is 2.67. The molecule has 0 atom stereocenters. The molecule has 0 aromatic heterocycles. The molecule has 0 bridgehead atoms. The summed E-state index contributed by atoms with van der Waals surface area (Å²) in [6.45, 7) is 6.16. The average molecular weight is 139 g/mol. The van der Waals surface area contributed by atoms with E-state index in [4.69, 9.17) is 0 Å². The molecule has 1 saturated heterocycles. The molecule has 0 aromatic rings. The van der Waals surface area contributed by atoms with Gasteiger partial charge < -0.3 is 0 Å². The Morgan fingerprint density at radius 3 is 3.10 bits per heavy atom. The van der Waals surface area contributed by atoms with Crippen molar-refractivity contribution in [2.24, 2.45) is 0 Å². The van der Waals surface area contributed by atoms with Gasteiger partial charge in [-0.3, -0.25) is 9.69 Å². The molecule has 0 saturated carbocycles. The van der Waals surface area contributed by atoms with Crippen LogP contribution >= 0.6 is 0 Å². The Morgan fingerprint density at radius 2 is 2.50 bits per heavy atom. The molecule has 1 fully saturated rings. The van der Waals surface area contributed by atoms with Crippen LogP contribution in [0.5, 0.6) is 0 Å². The van der Waals surface area contributed by atoms with Gasteiger partial charge in [0.1, 0.15) is 5.78 Å². The number of likely N-dealkylation sites (tertiary alicyclic amines) is 1. The lowest BCUT2D eigenvalue weighted by Crippen LogP contribution is -2.35. The Morgan fingerprint density at radius 1 is 1.70 bits per heavy atom. The lowest BCUT2D eigenvalue weighted by Gasteiger charge is -2.23. The molecular weight excluding hydrogens is 126 g/mol. The number of hydrogen-bond donors (Lipinski definition) is 0. The normalized spacial score (nSPS) is 21.0. The Hall–Kier alpha value is -0.630. The van der Waals surface area contributed by atoms with Crippen molar-refractivity contribution in [1.29, 1.82) is 0 Å². The molecule has 10 heavy (non-hydrogen) atoms. The Bertz CT molecular complexity index is 142. The van der Waals surface area contributed by atoms with Gasteiger partial charge in [-0.2, -0.15) is 0 Å². The first-order chi connectivity index (χ1) is 4.83. The van der Waals surface area contributed by atoms with E-state index in [1.54, 1.807) is 0 Å². The number of rotatable bonds is 2. The monoisotopic (exact) mass is 139 g/mol. The fraction of sp³-hybridized carbons (Fsp3) is 0.625. The molecule has 0 N–H and O–H groups in total. The standard InChI is InChI=1S/C8H13NO/c1-2-5-9-6-3-4-8(10)7-9/h2H,1,3-7H2. The van der Waals surface area contributed by atoms with Crippen LogP contribution < -0.4 is 0 Å². The number of carbonyl (C=O) groups excluding carboxylic acids is 1. The molecular formula is C8H13NO. The van der Waals surface area contributed by atoms with E-state index >= 15 is 0 Å². The molecule has 0 aliphatic carbocycles. The van der Waals surface area contributed by atoms with E-state index < -0.39 is 0 Å². The highest BCUT2D eigenvalue weighted by molar-refractivity contribution is 5.81. The smallest absolute Gasteiger partial charge is 0.146 e. The number of carbonyl (C=O) groups is 1. The minimum Gasteiger partial charge on any atom is -0.298 e. The first kappa shape index (κ1) is 7.48. The van der Waals surface area contributed by atoms with Crippen LogP contribution in [0.25, 0.3) is 0 Å². The summed E-state index contributed by atoms with van der Waals surface area (Å²) in [4.78, 5) is 13.0. The Labute approximate surface area is 61.5 Å². The van der Waals surface area contributed by atoms with Crippen LogP contribution in [0.4, 0.5) is 0 Å². The molecule has 2 nitrogen and oxygen atoms in total. The SMILES string of the molecule is C=CCN1CCCC(=O)C1. The van der Waals surface area contributed by atoms with Crippen LogP contribution in [-0.2, 0) is 4.79 Å². The van der Waals surface area contributed by atoms with Gasteiger partial charge in [0, 0.05) is 13.0 Å². The van der Waals surface area contributed by atoms with Gasteiger partial charge in [0.25, 0.3) is 0 Å². The number of hydrogen-bond acceptors (Lipinski definition) is 2. The second kappa shape index (κ2) is 3.52. The summed E-state index contributed by atoms with van der Waals surface area (Å²) < 4.78 is 0. The molecule has 1 aliphatic heterocycles. The lowest BCUT2D eigenvalue weighted by atomic mass is 10.1. The molecule has 0 radical (unpaired) electrons. The van der Waals surface area contributed by atoms with Gasteiger partial charge in [-0.25, -0.2) is 0 Å². The van der Waals surface area contributed by atoms with Crippen LogP contribution in [0, 0.1) is 0 Å². The molecule has 56 valence electrons. The van der Waals surface area contributed by atoms with Gasteiger partial charge in [0.05, 0.1) is 6.54 Å². The third-order valence-corrected chi connectivity index (χ3v) is 1.72. The third-order valence-electron chi connectivity index (χ3n) is 1.72. The summed E-state index contributed by atoms with van der Waals surface area (Å²) in [7, 11) is 0. The molecule has 0 spiro atoms. The Balaban J connectivity index is 2.31. The molecule has 0 aromatic carbocycles. The van der Waals surface area contributed by atoms with Gasteiger partial charge in [-0.15, -0.1) is 6.58 Å². The van der Waals surface area contributed by atoms with Crippen molar-refractivity contribution in [3.8, 4) is 0 Å². The lowest BCUT2D eigenvalue weighted by molar-refractivity contribution is -0.121. The van der Waals surface area contributed by atoms with Crippen molar-refractivity contribution in [2.75, 3.05) is 19.6 Å². The Kier molecular flexibility index (Phi) is 2.63. The van der Waals surface area contributed by atoms with Crippen molar-refractivity contribution in [3.63, 3.8) is 0 Å². The van der Waals surface area contributed by atoms with Crippen LogP contribution in [0.3, 0.4) is 0 Å². The quantitative estimate of drug-likeness (QED) is 0.528. The maximum Gasteiger partial charge on any atom is 0.146 e. The zero-order chi connectivity index (χ0) is 7.40. The van der Waals surface area contributed by atoms with Crippen molar-refractivity contribution in [1.82, 2.24) is 4.90 Å². The van der Waals surface area contributed by atoms with E-state index in [1.165, 1.54) is 0 Å². The van der Waals surface area contributed by atoms with Gasteiger partial charge in [0.2, 0.25) is 0 Å². The summed E-state index contributed by atoms with van der Waals surface area (Å²) in [6.07, 6.45) is 3.64. The van der Waals surface area contributed by atoms with Crippen molar-refractivity contribution < 1.29 is 4.79 Å². The first-order valence-electron chi connectivity index (χ1n) is 3.68. The van der Waals surface area contributed by atoms with E-state index in [9.17, 15) is 4.79 Å². The molecule has 0 amide bonds. The zero-order valence-corrected chi connectivity index (χ0v) is 6.18. The fourth-order valence-electron chi connectivity index (χ4n) is 1.25. The highest BCUT2D eigenvalue weighted by Crippen LogP contribution is 2.04. The van der Waals surface area contributed by atoms with Crippen molar-refractivity contribution in [2.45, 2.75) is 12.8 Å². The molecule has 1 rings (SSSR count). The maximum atomic E-state index is 10.9. The number of Topliss-reactive ketones (excluding diaryl/α,β-unsaturated/α-hetero) is 1. The summed E-state index contributed by atoms with van der Waals surface area (Å²) in [5.41, 5.74) is 0. The average Bonchev–Trinajstić information content (AvgIpc) is 1.88. The summed E-state index contributed by atoms with van der Waals surface area (Å²) >= 11 is 0. The van der Waals surface area contributed by atoms with E-state index in [2.05, 4.69) is 11.5 Å². The predicted octanol–water partition coefficient (Wildman–Crippen LogP) is 0.837. The van der Waals surface area contributed by atoms with Gasteiger partial charge >= 0.3 is 0 Å². The topological polar surface area (TPSA) is 20.3 Å². The molecule has 0 unspecified atom stereocenters. The first-order valence-corrected chi connectivity index (χ1v) is 3.68. The van der Waals surface area contributed by atoms with E-state index in [0.717, 1.165) is 25.9 Å². The number of nitrogens with zero attached hydrogens (tertiary/aromatic N) is 1. The maximum absolute atomic E-state index is 10.9. The third kappa shape index (κ3) is 1.95. The summed E-state index contributed by atoms with van der Waals surface area (Å²) in [5.74, 6) is 0.369. The highest BCUT2D eigenvalue weighted by Gasteiger charge is 2.14.